The van der Waals surface area contributed by atoms with Crippen LogP contribution in [0.15, 0.2) is 60.8 Å². The monoisotopic (exact) mass is 436 g/mol. The van der Waals surface area contributed by atoms with Crippen molar-refractivity contribution < 1.29 is 30.0 Å². The van der Waals surface area contributed by atoms with Gasteiger partial charge in [0.05, 0.1) is 18.8 Å². The second-order valence-corrected chi connectivity index (χ2v) is 7.23. The minimum Gasteiger partial charge on any atom is -0.463 e. The summed E-state index contributed by atoms with van der Waals surface area (Å²) in [6.45, 7) is 1.50. The maximum atomic E-state index is 11.4. The Hall–Kier alpha value is -1.99. The topological polar surface area (TPSA) is 107 Å². The van der Waals surface area contributed by atoms with Gasteiger partial charge in [-0.1, -0.05) is 74.1 Å². The lowest BCUT2D eigenvalue weighted by molar-refractivity contribution is -0.147. The fourth-order valence-electron chi connectivity index (χ4n) is 2.49. The molecule has 0 amide bonds. The summed E-state index contributed by atoms with van der Waals surface area (Å²) in [5.41, 5.74) is 0. The van der Waals surface area contributed by atoms with Gasteiger partial charge in [-0.15, -0.1) is 0 Å². The zero-order chi connectivity index (χ0) is 23.2. The van der Waals surface area contributed by atoms with Gasteiger partial charge in [-0.05, 0) is 32.1 Å². The molecule has 0 aliphatic heterocycles. The van der Waals surface area contributed by atoms with Crippen molar-refractivity contribution in [2.75, 3.05) is 13.2 Å². The molecule has 0 rings (SSSR count). The fraction of sp³-hybridized carbons (Fsp3) is 0.560. The Bertz CT molecular complexity index is 577. The molecule has 31 heavy (non-hydrogen) atoms. The van der Waals surface area contributed by atoms with Gasteiger partial charge in [-0.25, -0.2) is 0 Å². The highest BCUT2D eigenvalue weighted by Crippen LogP contribution is 2.06. The predicted molar refractivity (Wildman–Crippen MR) is 124 cm³/mol. The average molecular weight is 437 g/mol. The second-order valence-electron chi connectivity index (χ2n) is 7.23. The third kappa shape index (κ3) is 21.0. The van der Waals surface area contributed by atoms with Crippen molar-refractivity contribution in [2.24, 2.45) is 0 Å². The van der Waals surface area contributed by atoms with Crippen LogP contribution in [-0.2, 0) is 9.53 Å². The van der Waals surface area contributed by atoms with Gasteiger partial charge in [0.1, 0.15) is 12.7 Å². The van der Waals surface area contributed by atoms with Crippen molar-refractivity contribution in [3.8, 4) is 0 Å². The smallest absolute Gasteiger partial charge is 0.305 e. The lowest BCUT2D eigenvalue weighted by atomic mass is 10.1. The molecule has 6 nitrogen and oxygen atoms in total. The van der Waals surface area contributed by atoms with Gasteiger partial charge in [-0.2, -0.15) is 0 Å². The number of rotatable bonds is 18. The molecule has 0 spiro atoms. The molecule has 0 aromatic carbocycles. The molecule has 0 bridgehead atoms. The van der Waals surface area contributed by atoms with Crippen molar-refractivity contribution in [3.63, 3.8) is 0 Å². The number of carbonyl (C=O) groups is 1. The Morgan fingerprint density at radius 2 is 1.55 bits per heavy atom. The number of aliphatic hydroxyl groups is 4. The fourth-order valence-corrected chi connectivity index (χ4v) is 2.49. The first-order valence-corrected chi connectivity index (χ1v) is 11.1. The van der Waals surface area contributed by atoms with Crippen LogP contribution in [0, 0.1) is 0 Å². The minimum atomic E-state index is -1.01. The second kappa shape index (κ2) is 21.2. The van der Waals surface area contributed by atoms with Gasteiger partial charge in [-0.3, -0.25) is 4.79 Å². The Morgan fingerprint density at radius 1 is 0.871 bits per heavy atom. The lowest BCUT2D eigenvalue weighted by Gasteiger charge is -2.08. The summed E-state index contributed by atoms with van der Waals surface area (Å²) < 4.78 is 4.83. The maximum absolute atomic E-state index is 11.4. The van der Waals surface area contributed by atoms with E-state index in [-0.39, 0.29) is 19.0 Å². The summed E-state index contributed by atoms with van der Waals surface area (Å²) in [6, 6.07) is 0. The highest BCUT2D eigenvalue weighted by Gasteiger charge is 2.07. The quantitative estimate of drug-likeness (QED) is 0.113. The third-order valence-corrected chi connectivity index (χ3v) is 4.22. The van der Waals surface area contributed by atoms with E-state index in [2.05, 4.69) is 19.1 Å². The molecule has 0 saturated carbocycles. The van der Waals surface area contributed by atoms with E-state index in [9.17, 15) is 15.0 Å². The van der Waals surface area contributed by atoms with Crippen LogP contribution < -0.4 is 0 Å². The van der Waals surface area contributed by atoms with E-state index in [0.29, 0.717) is 12.8 Å². The van der Waals surface area contributed by atoms with E-state index in [0.717, 1.165) is 32.1 Å². The molecule has 176 valence electrons. The molecule has 0 aliphatic carbocycles. The zero-order valence-corrected chi connectivity index (χ0v) is 18.7. The SMILES string of the molecule is CCC=CCC=CC=CC(O)CC(O)C=CC=CCCCCCC(=O)OCC(O)CO. The van der Waals surface area contributed by atoms with E-state index < -0.39 is 24.9 Å². The normalized spacial score (nSPS) is 15.6. The van der Waals surface area contributed by atoms with Gasteiger partial charge in [0.25, 0.3) is 0 Å². The van der Waals surface area contributed by atoms with Crippen molar-refractivity contribution in [1.82, 2.24) is 0 Å². The molecule has 3 atom stereocenters. The standard InChI is InChI=1S/C25H40O6/c1-2-3-4-5-7-10-13-16-22(27)19-23(28)17-14-11-8-6-9-12-15-18-25(30)31-21-24(29)20-26/h3-4,7-8,10-11,13-14,16-17,22-24,26-29H,2,5-6,9,12,15,18-21H2,1H3. The Balaban J connectivity index is 3.79. The summed E-state index contributed by atoms with van der Waals surface area (Å²) in [4.78, 5) is 11.4. The average Bonchev–Trinajstić information content (AvgIpc) is 2.75. The van der Waals surface area contributed by atoms with Crippen molar-refractivity contribution in [2.45, 2.75) is 76.6 Å². The van der Waals surface area contributed by atoms with Crippen molar-refractivity contribution >= 4 is 5.97 Å². The van der Waals surface area contributed by atoms with E-state index in [1.165, 1.54) is 0 Å². The Kier molecular flexibility index (Phi) is 19.9. The van der Waals surface area contributed by atoms with Crippen LogP contribution in [0.2, 0.25) is 0 Å². The first-order chi connectivity index (χ1) is 15.0. The van der Waals surface area contributed by atoms with Crippen LogP contribution in [0.5, 0.6) is 0 Å². The molecule has 0 aromatic rings. The number of aliphatic hydroxyl groups excluding tert-OH is 4. The summed E-state index contributed by atoms with van der Waals surface area (Å²) in [5.74, 6) is -0.364. The molecule has 3 unspecified atom stereocenters. The molecule has 0 radical (unpaired) electrons. The highest BCUT2D eigenvalue weighted by molar-refractivity contribution is 5.69. The largest absolute Gasteiger partial charge is 0.463 e. The van der Waals surface area contributed by atoms with Gasteiger partial charge in [0.2, 0.25) is 0 Å². The van der Waals surface area contributed by atoms with Gasteiger partial charge < -0.3 is 25.2 Å². The predicted octanol–water partition coefficient (Wildman–Crippen LogP) is 3.53. The summed E-state index contributed by atoms with van der Waals surface area (Å²) in [7, 11) is 0. The van der Waals surface area contributed by atoms with Crippen LogP contribution in [0.3, 0.4) is 0 Å². The van der Waals surface area contributed by atoms with E-state index in [1.54, 1.807) is 24.3 Å². The highest BCUT2D eigenvalue weighted by atomic mass is 16.5. The number of hydrogen-bond donors (Lipinski definition) is 4. The Labute approximate surface area is 187 Å². The molecule has 0 heterocycles. The molecular weight excluding hydrogens is 396 g/mol. The molecular formula is C25H40O6. The number of unbranched alkanes of at least 4 members (excludes halogenated alkanes) is 3. The Morgan fingerprint density at radius 3 is 2.19 bits per heavy atom. The van der Waals surface area contributed by atoms with E-state index in [1.807, 2.05) is 24.3 Å². The van der Waals surface area contributed by atoms with Crippen LogP contribution in [-0.4, -0.2) is 57.9 Å². The van der Waals surface area contributed by atoms with Gasteiger partial charge >= 0.3 is 5.97 Å². The number of allylic oxidation sites excluding steroid dienone is 8. The van der Waals surface area contributed by atoms with Crippen LogP contribution >= 0.6 is 0 Å². The zero-order valence-electron chi connectivity index (χ0n) is 18.7. The number of carbonyl (C=O) groups excluding carboxylic acids is 1. The summed E-state index contributed by atoms with van der Waals surface area (Å²) in [6.07, 6.45) is 22.2. The van der Waals surface area contributed by atoms with Gasteiger partial charge in [0.15, 0.2) is 0 Å². The molecule has 0 fully saturated rings. The van der Waals surface area contributed by atoms with E-state index >= 15 is 0 Å². The minimum absolute atomic E-state index is 0.169. The number of hydrogen-bond acceptors (Lipinski definition) is 6. The number of ether oxygens (including phenoxy) is 1. The molecule has 6 heteroatoms. The van der Waals surface area contributed by atoms with Crippen LogP contribution in [0.1, 0.15) is 58.3 Å². The van der Waals surface area contributed by atoms with E-state index in [4.69, 9.17) is 14.9 Å². The molecule has 4 N–H and O–H groups in total. The third-order valence-electron chi connectivity index (χ3n) is 4.22. The summed E-state index contributed by atoms with van der Waals surface area (Å²) >= 11 is 0. The lowest BCUT2D eigenvalue weighted by Crippen LogP contribution is -2.21. The molecule has 0 aliphatic rings. The van der Waals surface area contributed by atoms with Crippen LogP contribution in [0.4, 0.5) is 0 Å². The maximum Gasteiger partial charge on any atom is 0.305 e. The first kappa shape index (κ1) is 29.0. The summed E-state index contributed by atoms with van der Waals surface area (Å²) in [5, 5.41) is 37.5. The molecule has 0 saturated heterocycles. The first-order valence-electron chi connectivity index (χ1n) is 11.1. The van der Waals surface area contributed by atoms with Crippen molar-refractivity contribution in [1.29, 1.82) is 0 Å². The molecule has 0 aromatic heterocycles. The van der Waals surface area contributed by atoms with Crippen molar-refractivity contribution in [3.05, 3.63) is 60.8 Å². The number of esters is 1. The van der Waals surface area contributed by atoms with Gasteiger partial charge in [0, 0.05) is 12.8 Å². The van der Waals surface area contributed by atoms with Crippen LogP contribution in [0.25, 0.3) is 0 Å².